The van der Waals surface area contributed by atoms with Crippen molar-refractivity contribution in [3.63, 3.8) is 0 Å². The van der Waals surface area contributed by atoms with Crippen molar-refractivity contribution in [3.05, 3.63) is 64.9 Å². The normalized spacial score (nSPS) is 10.9. The van der Waals surface area contributed by atoms with E-state index in [2.05, 4.69) is 10.2 Å². The highest BCUT2D eigenvalue weighted by atomic mass is 19.1. The van der Waals surface area contributed by atoms with E-state index in [0.717, 1.165) is 6.07 Å². The fourth-order valence-electron chi connectivity index (χ4n) is 2.41. The van der Waals surface area contributed by atoms with Crippen LogP contribution in [0.2, 0.25) is 0 Å². The Balaban J connectivity index is 2.10. The van der Waals surface area contributed by atoms with Crippen molar-refractivity contribution < 1.29 is 18.3 Å². The van der Waals surface area contributed by atoms with Gasteiger partial charge in [0.15, 0.2) is 5.69 Å². The molecule has 22 heavy (non-hydrogen) atoms. The maximum absolute atomic E-state index is 13.8. The van der Waals surface area contributed by atoms with Gasteiger partial charge < -0.3 is 4.74 Å². The first-order valence-electron chi connectivity index (χ1n) is 6.58. The molecule has 0 atom stereocenters. The van der Waals surface area contributed by atoms with Crippen LogP contribution in [0, 0.1) is 11.6 Å². The quantitative estimate of drug-likeness (QED) is 0.756. The number of H-pyrrole nitrogens is 1. The van der Waals surface area contributed by atoms with Gasteiger partial charge in [0.25, 0.3) is 0 Å². The number of benzene rings is 2. The van der Waals surface area contributed by atoms with Crippen LogP contribution in [0.15, 0.2) is 36.4 Å². The summed E-state index contributed by atoms with van der Waals surface area (Å²) in [7, 11) is 1.27. The summed E-state index contributed by atoms with van der Waals surface area (Å²) in [6, 6.07) is 8.74. The number of nitrogens with zero attached hydrogens (tertiary/aromatic N) is 1. The highest BCUT2D eigenvalue weighted by Gasteiger charge is 2.18. The van der Waals surface area contributed by atoms with Crippen molar-refractivity contribution in [1.82, 2.24) is 10.2 Å². The molecule has 0 saturated carbocycles. The van der Waals surface area contributed by atoms with E-state index in [4.69, 9.17) is 4.74 Å². The first-order valence-corrected chi connectivity index (χ1v) is 6.58. The van der Waals surface area contributed by atoms with Crippen LogP contribution in [0.1, 0.15) is 21.6 Å². The molecule has 112 valence electrons. The minimum absolute atomic E-state index is 0.149. The van der Waals surface area contributed by atoms with E-state index in [9.17, 15) is 13.6 Å². The van der Waals surface area contributed by atoms with Crippen molar-refractivity contribution in [2.75, 3.05) is 7.11 Å². The Morgan fingerprint density at radius 1 is 1.23 bits per heavy atom. The van der Waals surface area contributed by atoms with Crippen LogP contribution in [-0.2, 0) is 11.2 Å². The zero-order chi connectivity index (χ0) is 15.7. The number of ether oxygens (including phenoxy) is 1. The summed E-state index contributed by atoms with van der Waals surface area (Å²) in [5.74, 6) is -1.82. The smallest absolute Gasteiger partial charge is 0.359 e. The molecule has 0 saturated heterocycles. The molecule has 6 heteroatoms. The fourth-order valence-corrected chi connectivity index (χ4v) is 2.41. The Labute approximate surface area is 124 Å². The van der Waals surface area contributed by atoms with Gasteiger partial charge in [0.1, 0.15) is 11.6 Å². The number of rotatable bonds is 3. The molecule has 0 bridgehead atoms. The van der Waals surface area contributed by atoms with Crippen molar-refractivity contribution >= 4 is 16.9 Å². The topological polar surface area (TPSA) is 55.0 Å². The first-order chi connectivity index (χ1) is 10.6. The summed E-state index contributed by atoms with van der Waals surface area (Å²) >= 11 is 0. The minimum Gasteiger partial charge on any atom is -0.464 e. The number of hydrogen-bond donors (Lipinski definition) is 1. The van der Waals surface area contributed by atoms with Gasteiger partial charge in [0.05, 0.1) is 12.6 Å². The predicted molar refractivity (Wildman–Crippen MR) is 76.6 cm³/mol. The number of carbonyl (C=O) groups excluding carboxylic acids is 1. The van der Waals surface area contributed by atoms with Crippen LogP contribution in [0.5, 0.6) is 0 Å². The van der Waals surface area contributed by atoms with Crippen LogP contribution in [0.3, 0.4) is 0 Å². The number of fused-ring (bicyclic) bond motifs is 1. The number of aromatic amines is 1. The van der Waals surface area contributed by atoms with Gasteiger partial charge in [0, 0.05) is 17.9 Å². The van der Waals surface area contributed by atoms with Gasteiger partial charge in [-0.1, -0.05) is 18.2 Å². The number of methoxy groups -OCH3 is 1. The number of nitrogens with one attached hydrogen (secondary N) is 1. The molecular weight excluding hydrogens is 290 g/mol. The van der Waals surface area contributed by atoms with Crippen molar-refractivity contribution in [2.24, 2.45) is 0 Å². The van der Waals surface area contributed by atoms with Gasteiger partial charge in [-0.05, 0) is 23.3 Å². The molecule has 0 spiro atoms. The van der Waals surface area contributed by atoms with Gasteiger partial charge in [-0.25, -0.2) is 13.6 Å². The summed E-state index contributed by atoms with van der Waals surface area (Å²) in [6.07, 6.45) is 0.215. The summed E-state index contributed by atoms with van der Waals surface area (Å²) in [6.45, 7) is 0. The number of esters is 1. The first kappa shape index (κ1) is 14.2. The van der Waals surface area contributed by atoms with E-state index in [0.29, 0.717) is 22.0 Å². The van der Waals surface area contributed by atoms with E-state index in [-0.39, 0.29) is 12.1 Å². The zero-order valence-corrected chi connectivity index (χ0v) is 11.7. The van der Waals surface area contributed by atoms with Gasteiger partial charge in [-0.15, -0.1) is 0 Å². The lowest BCUT2D eigenvalue weighted by molar-refractivity contribution is 0.0596. The van der Waals surface area contributed by atoms with E-state index in [1.54, 1.807) is 18.2 Å². The summed E-state index contributed by atoms with van der Waals surface area (Å²) < 4.78 is 31.5. The lowest BCUT2D eigenvalue weighted by Crippen LogP contribution is -2.03. The second-order valence-corrected chi connectivity index (χ2v) is 4.82. The lowest BCUT2D eigenvalue weighted by atomic mass is 9.99. The third-order valence-electron chi connectivity index (χ3n) is 3.45. The second-order valence-electron chi connectivity index (χ2n) is 4.82. The molecule has 1 heterocycles. The van der Waals surface area contributed by atoms with Crippen LogP contribution in [-0.4, -0.2) is 23.3 Å². The Kier molecular flexibility index (Phi) is 3.58. The maximum atomic E-state index is 13.8. The third kappa shape index (κ3) is 2.43. The van der Waals surface area contributed by atoms with Crippen LogP contribution in [0.4, 0.5) is 8.78 Å². The van der Waals surface area contributed by atoms with Crippen molar-refractivity contribution in [2.45, 2.75) is 6.42 Å². The van der Waals surface area contributed by atoms with Crippen LogP contribution < -0.4 is 0 Å². The molecule has 2 aromatic carbocycles. The Bertz CT molecular complexity index is 858. The fraction of sp³-hybridized carbons (Fsp3) is 0.125. The van der Waals surface area contributed by atoms with Gasteiger partial charge in [-0.2, -0.15) is 5.10 Å². The second kappa shape index (κ2) is 5.55. The third-order valence-corrected chi connectivity index (χ3v) is 3.45. The summed E-state index contributed by atoms with van der Waals surface area (Å²) in [4.78, 5) is 11.8. The molecule has 0 amide bonds. The summed E-state index contributed by atoms with van der Waals surface area (Å²) in [5.41, 5.74) is 1.85. The Hall–Kier alpha value is -2.76. The predicted octanol–water partition coefficient (Wildman–Crippen LogP) is 3.22. The van der Waals surface area contributed by atoms with Crippen molar-refractivity contribution in [3.8, 4) is 0 Å². The molecule has 0 radical (unpaired) electrons. The average Bonchev–Trinajstić information content (AvgIpc) is 2.94. The molecule has 1 N–H and O–H groups in total. The molecule has 3 rings (SSSR count). The molecule has 4 nitrogen and oxygen atoms in total. The SMILES string of the molecule is COC(=O)c1n[nH]c2cccc(Cc3ccc(F)cc3F)c12. The molecule has 0 fully saturated rings. The number of halogens is 2. The Morgan fingerprint density at radius 3 is 2.77 bits per heavy atom. The monoisotopic (exact) mass is 302 g/mol. The van der Waals surface area contributed by atoms with Crippen LogP contribution in [0.25, 0.3) is 10.9 Å². The average molecular weight is 302 g/mol. The number of hydrogen-bond acceptors (Lipinski definition) is 3. The molecule has 0 aliphatic rings. The van der Waals surface area contributed by atoms with Gasteiger partial charge in [0.2, 0.25) is 0 Å². The highest BCUT2D eigenvalue weighted by Crippen LogP contribution is 2.25. The van der Waals surface area contributed by atoms with E-state index in [1.807, 2.05) is 0 Å². The minimum atomic E-state index is -0.627. The largest absolute Gasteiger partial charge is 0.464 e. The van der Waals surface area contributed by atoms with E-state index in [1.165, 1.54) is 19.2 Å². The zero-order valence-electron chi connectivity index (χ0n) is 11.7. The lowest BCUT2D eigenvalue weighted by Gasteiger charge is -2.06. The molecule has 0 aliphatic carbocycles. The molecule has 3 aromatic rings. The maximum Gasteiger partial charge on any atom is 0.359 e. The summed E-state index contributed by atoms with van der Waals surface area (Å²) in [5, 5.41) is 7.28. The molecule has 1 aromatic heterocycles. The standard InChI is InChI=1S/C16H12F2N2O2/c1-22-16(21)15-14-10(3-2-4-13(14)19-20-15)7-9-5-6-11(17)8-12(9)18/h2-6,8H,7H2,1H3,(H,19,20). The molecule has 0 aliphatic heterocycles. The molecular formula is C16H12F2N2O2. The van der Waals surface area contributed by atoms with E-state index < -0.39 is 17.6 Å². The van der Waals surface area contributed by atoms with E-state index >= 15 is 0 Å². The number of carbonyl (C=O) groups is 1. The van der Waals surface area contributed by atoms with Gasteiger partial charge in [-0.3, -0.25) is 5.10 Å². The Morgan fingerprint density at radius 2 is 2.05 bits per heavy atom. The number of aromatic nitrogens is 2. The molecule has 0 unspecified atom stereocenters. The van der Waals surface area contributed by atoms with Crippen molar-refractivity contribution in [1.29, 1.82) is 0 Å². The van der Waals surface area contributed by atoms with Gasteiger partial charge >= 0.3 is 5.97 Å². The highest BCUT2D eigenvalue weighted by molar-refractivity contribution is 6.03. The van der Waals surface area contributed by atoms with Crippen LogP contribution >= 0.6 is 0 Å².